The first kappa shape index (κ1) is 16.2. The number of aromatic nitrogens is 1. The molecule has 114 valence electrons. The summed E-state index contributed by atoms with van der Waals surface area (Å²) in [5.41, 5.74) is 8.86. The summed E-state index contributed by atoms with van der Waals surface area (Å²) in [6, 6.07) is 15.1. The summed E-state index contributed by atoms with van der Waals surface area (Å²) in [7, 11) is 0. The van der Waals surface area contributed by atoms with Gasteiger partial charge in [-0.2, -0.15) is 0 Å². The monoisotopic (exact) mass is 336 g/mol. The van der Waals surface area contributed by atoms with E-state index >= 15 is 0 Å². The smallest absolute Gasteiger partial charge is 0.147 e. The molecule has 22 heavy (non-hydrogen) atoms. The zero-order valence-electron chi connectivity index (χ0n) is 11.5. The summed E-state index contributed by atoms with van der Waals surface area (Å²) in [6.07, 6.45) is 1.42. The number of nitrogens with zero attached hydrogens (tertiary/aromatic N) is 1. The highest BCUT2D eigenvalue weighted by molar-refractivity contribution is 6.30. The van der Waals surface area contributed by atoms with Gasteiger partial charge in [-0.25, -0.2) is 0 Å². The van der Waals surface area contributed by atoms with Gasteiger partial charge >= 0.3 is 0 Å². The molecule has 2 aromatic carbocycles. The second kappa shape index (κ2) is 7.20. The predicted molar refractivity (Wildman–Crippen MR) is 89.4 cm³/mol. The van der Waals surface area contributed by atoms with E-state index in [1.807, 2.05) is 48.5 Å². The van der Waals surface area contributed by atoms with Crippen molar-refractivity contribution in [2.75, 3.05) is 5.73 Å². The zero-order chi connectivity index (χ0) is 14.7. The first-order valence-corrected chi connectivity index (χ1v) is 6.78. The first-order chi connectivity index (χ1) is 10.2. The molecule has 0 aliphatic carbocycles. The van der Waals surface area contributed by atoms with E-state index in [0.717, 1.165) is 16.9 Å². The third kappa shape index (κ3) is 3.72. The van der Waals surface area contributed by atoms with Crippen molar-refractivity contribution in [3.05, 3.63) is 65.4 Å². The molecular formula is C16H14Cl2N2O2. The van der Waals surface area contributed by atoms with E-state index < -0.39 is 0 Å². The molecule has 0 unspecified atom stereocenters. The third-order valence-corrected chi connectivity index (χ3v) is 3.30. The Kier molecular flexibility index (Phi) is 5.31. The van der Waals surface area contributed by atoms with Gasteiger partial charge in [-0.15, -0.1) is 12.4 Å². The quantitative estimate of drug-likeness (QED) is 0.757. The van der Waals surface area contributed by atoms with Crippen LogP contribution in [0.25, 0.3) is 11.3 Å². The fourth-order valence-corrected chi connectivity index (χ4v) is 2.05. The molecule has 0 fully saturated rings. The van der Waals surface area contributed by atoms with Crippen LogP contribution in [0.2, 0.25) is 5.02 Å². The van der Waals surface area contributed by atoms with Crippen LogP contribution in [0.1, 0.15) is 5.56 Å². The van der Waals surface area contributed by atoms with E-state index in [9.17, 15) is 0 Å². The summed E-state index contributed by atoms with van der Waals surface area (Å²) in [5.74, 6) is 0.774. The Morgan fingerprint density at radius 2 is 1.73 bits per heavy atom. The lowest BCUT2D eigenvalue weighted by Gasteiger charge is -2.07. The van der Waals surface area contributed by atoms with Crippen LogP contribution in [-0.2, 0) is 6.61 Å². The molecule has 1 aromatic heterocycles. The van der Waals surface area contributed by atoms with Gasteiger partial charge in [0, 0.05) is 10.6 Å². The van der Waals surface area contributed by atoms with Crippen LogP contribution in [-0.4, -0.2) is 5.16 Å². The third-order valence-electron chi connectivity index (χ3n) is 3.04. The second-order valence-electron chi connectivity index (χ2n) is 4.56. The van der Waals surface area contributed by atoms with Gasteiger partial charge in [0.2, 0.25) is 0 Å². The maximum atomic E-state index is 5.84. The maximum absolute atomic E-state index is 5.84. The Bertz CT molecular complexity index is 725. The number of nitrogens with two attached hydrogens (primary N) is 1. The molecule has 2 N–H and O–H groups in total. The van der Waals surface area contributed by atoms with Crippen molar-refractivity contribution < 1.29 is 9.26 Å². The topological polar surface area (TPSA) is 61.3 Å². The molecule has 0 atom stereocenters. The van der Waals surface area contributed by atoms with Gasteiger partial charge in [0.25, 0.3) is 0 Å². The SMILES string of the molecule is Cl.Nc1conc1-c1ccc(OCc2ccc(Cl)cc2)cc1. The highest BCUT2D eigenvalue weighted by Crippen LogP contribution is 2.26. The zero-order valence-corrected chi connectivity index (χ0v) is 13.1. The lowest BCUT2D eigenvalue weighted by atomic mass is 10.1. The molecule has 0 saturated carbocycles. The molecule has 3 aromatic rings. The summed E-state index contributed by atoms with van der Waals surface area (Å²) in [4.78, 5) is 0. The van der Waals surface area contributed by atoms with Crippen LogP contribution in [0, 0.1) is 0 Å². The van der Waals surface area contributed by atoms with Crippen molar-refractivity contribution in [2.24, 2.45) is 0 Å². The fourth-order valence-electron chi connectivity index (χ4n) is 1.92. The molecule has 0 spiro atoms. The number of halogens is 2. The van der Waals surface area contributed by atoms with E-state index in [1.54, 1.807) is 0 Å². The Morgan fingerprint density at radius 1 is 1.05 bits per heavy atom. The van der Waals surface area contributed by atoms with Crippen molar-refractivity contribution in [3.63, 3.8) is 0 Å². The van der Waals surface area contributed by atoms with E-state index in [0.29, 0.717) is 23.0 Å². The number of benzene rings is 2. The highest BCUT2D eigenvalue weighted by Gasteiger charge is 2.07. The minimum atomic E-state index is 0. The predicted octanol–water partition coefficient (Wildman–Crippen LogP) is 4.58. The molecule has 0 amide bonds. The van der Waals surface area contributed by atoms with Crippen molar-refractivity contribution >= 4 is 29.7 Å². The largest absolute Gasteiger partial charge is 0.489 e. The Labute approximate surface area is 139 Å². The van der Waals surface area contributed by atoms with Gasteiger partial charge in [0.05, 0.1) is 0 Å². The molecule has 0 bridgehead atoms. The Morgan fingerprint density at radius 3 is 2.32 bits per heavy atom. The van der Waals surface area contributed by atoms with Gasteiger partial charge < -0.3 is 15.0 Å². The van der Waals surface area contributed by atoms with Crippen molar-refractivity contribution in [1.82, 2.24) is 5.16 Å². The van der Waals surface area contributed by atoms with Crippen LogP contribution in [0.3, 0.4) is 0 Å². The summed E-state index contributed by atoms with van der Waals surface area (Å²) >= 11 is 5.84. The molecule has 0 radical (unpaired) electrons. The normalized spacial score (nSPS) is 10.0. The van der Waals surface area contributed by atoms with Gasteiger partial charge in [-0.05, 0) is 42.0 Å². The number of nitrogen functional groups attached to an aromatic ring is 1. The van der Waals surface area contributed by atoms with Crippen LogP contribution in [0.5, 0.6) is 5.75 Å². The minimum Gasteiger partial charge on any atom is -0.489 e. The van der Waals surface area contributed by atoms with Crippen molar-refractivity contribution in [3.8, 4) is 17.0 Å². The van der Waals surface area contributed by atoms with Crippen LogP contribution in [0.4, 0.5) is 5.69 Å². The molecule has 1 heterocycles. The molecule has 3 rings (SSSR count). The highest BCUT2D eigenvalue weighted by atomic mass is 35.5. The number of anilines is 1. The molecule has 0 saturated heterocycles. The molecule has 4 nitrogen and oxygen atoms in total. The summed E-state index contributed by atoms with van der Waals surface area (Å²) < 4.78 is 10.5. The Balaban J connectivity index is 0.00000176. The second-order valence-corrected chi connectivity index (χ2v) is 4.99. The summed E-state index contributed by atoms with van der Waals surface area (Å²) in [5, 5.41) is 4.58. The molecule has 0 aliphatic rings. The minimum absolute atomic E-state index is 0. The standard InChI is InChI=1S/C16H13ClN2O2.ClH/c17-13-5-1-11(2-6-13)9-20-14-7-3-12(4-8-14)16-15(18)10-21-19-16;/h1-8,10H,9,18H2;1H. The van der Waals surface area contributed by atoms with Crippen LogP contribution >= 0.6 is 24.0 Å². The Hall–Kier alpha value is -2.17. The number of hydrogen-bond acceptors (Lipinski definition) is 4. The van der Waals surface area contributed by atoms with E-state index in [1.165, 1.54) is 6.26 Å². The first-order valence-electron chi connectivity index (χ1n) is 6.40. The van der Waals surface area contributed by atoms with Crippen LogP contribution in [0.15, 0.2) is 59.3 Å². The van der Waals surface area contributed by atoms with Crippen molar-refractivity contribution in [1.29, 1.82) is 0 Å². The van der Waals surface area contributed by atoms with Crippen molar-refractivity contribution in [2.45, 2.75) is 6.61 Å². The van der Waals surface area contributed by atoms with Gasteiger partial charge in [0.1, 0.15) is 30.0 Å². The lowest BCUT2D eigenvalue weighted by Crippen LogP contribution is -1.95. The number of rotatable bonds is 4. The van der Waals surface area contributed by atoms with Gasteiger partial charge in [0.15, 0.2) is 0 Å². The lowest BCUT2D eigenvalue weighted by molar-refractivity contribution is 0.306. The summed E-state index contributed by atoms with van der Waals surface area (Å²) in [6.45, 7) is 0.489. The average Bonchev–Trinajstić information content (AvgIpc) is 2.93. The molecule has 6 heteroatoms. The van der Waals surface area contributed by atoms with Crippen LogP contribution < -0.4 is 10.5 Å². The van der Waals surface area contributed by atoms with E-state index in [-0.39, 0.29) is 12.4 Å². The fraction of sp³-hybridized carbons (Fsp3) is 0.0625. The average molecular weight is 337 g/mol. The van der Waals surface area contributed by atoms with Gasteiger partial charge in [-0.1, -0.05) is 28.9 Å². The van der Waals surface area contributed by atoms with E-state index in [4.69, 9.17) is 26.6 Å². The number of hydrogen-bond donors (Lipinski definition) is 1. The van der Waals surface area contributed by atoms with E-state index in [2.05, 4.69) is 5.16 Å². The maximum Gasteiger partial charge on any atom is 0.147 e. The molecule has 0 aliphatic heterocycles. The van der Waals surface area contributed by atoms with Gasteiger partial charge in [-0.3, -0.25) is 0 Å². The molecular weight excluding hydrogens is 323 g/mol. The number of ether oxygens (including phenoxy) is 1.